The van der Waals surface area contributed by atoms with Crippen molar-refractivity contribution >= 4 is 32.3 Å². The van der Waals surface area contributed by atoms with Gasteiger partial charge in [-0.05, 0) is 18.2 Å². The molecule has 0 fully saturated rings. The third-order valence-corrected chi connectivity index (χ3v) is 5.91. The molecule has 0 aliphatic carbocycles. The average molecular weight is 448 g/mol. The summed E-state index contributed by atoms with van der Waals surface area (Å²) in [4.78, 5) is 0.242. The number of nitrogens with one attached hydrogen (secondary N) is 1. The van der Waals surface area contributed by atoms with Crippen LogP contribution in [-0.4, -0.2) is 50.4 Å². The molecule has 2 aromatic carbocycles. The Labute approximate surface area is 177 Å². The van der Waals surface area contributed by atoms with Gasteiger partial charge in [-0.3, -0.25) is 5.10 Å². The zero-order valence-electron chi connectivity index (χ0n) is 16.2. The molecule has 8 nitrogen and oxygen atoms in total. The van der Waals surface area contributed by atoms with Crippen molar-refractivity contribution in [3.63, 3.8) is 0 Å². The van der Waals surface area contributed by atoms with Crippen molar-refractivity contribution < 1.29 is 22.4 Å². The Morgan fingerprint density at radius 2 is 1.90 bits per heavy atom. The monoisotopic (exact) mass is 447 g/mol. The zero-order chi connectivity index (χ0) is 21.3. The molecule has 2 aromatic heterocycles. The third-order valence-electron chi connectivity index (χ3n) is 4.48. The van der Waals surface area contributed by atoms with Crippen LogP contribution in [-0.2, 0) is 14.6 Å². The number of aromatic amines is 1. The highest BCUT2D eigenvalue weighted by atomic mass is 35.5. The van der Waals surface area contributed by atoms with E-state index in [-0.39, 0.29) is 4.90 Å². The van der Waals surface area contributed by atoms with E-state index in [9.17, 15) is 8.42 Å². The Hall–Kier alpha value is -2.88. The highest BCUT2D eigenvalue weighted by molar-refractivity contribution is 7.90. The number of hydrogen-bond acceptors (Lipinski definition) is 7. The Kier molecular flexibility index (Phi) is 5.50. The van der Waals surface area contributed by atoms with Gasteiger partial charge in [0.2, 0.25) is 0 Å². The summed E-state index contributed by atoms with van der Waals surface area (Å²) in [5, 5.41) is 12.5. The van der Waals surface area contributed by atoms with Gasteiger partial charge in [0.15, 0.2) is 15.6 Å². The number of fused-ring (bicyclic) bond motifs is 1. The molecule has 0 atom stereocenters. The first-order chi connectivity index (χ1) is 14.4. The van der Waals surface area contributed by atoms with Crippen LogP contribution in [0.2, 0.25) is 5.02 Å². The number of benzene rings is 2. The van der Waals surface area contributed by atoms with Crippen molar-refractivity contribution in [2.75, 3.05) is 26.6 Å². The first-order valence-corrected chi connectivity index (χ1v) is 11.2. The second kappa shape index (κ2) is 8.10. The van der Waals surface area contributed by atoms with Gasteiger partial charge < -0.3 is 14.0 Å². The van der Waals surface area contributed by atoms with Crippen molar-refractivity contribution in [2.45, 2.75) is 4.90 Å². The summed E-state index contributed by atoms with van der Waals surface area (Å²) < 4.78 is 39.3. The molecular weight excluding hydrogens is 430 g/mol. The van der Waals surface area contributed by atoms with Crippen LogP contribution >= 0.6 is 11.6 Å². The smallest absolute Gasteiger partial charge is 0.188 e. The van der Waals surface area contributed by atoms with Crippen LogP contribution in [0.5, 0.6) is 5.75 Å². The van der Waals surface area contributed by atoms with Crippen molar-refractivity contribution in [1.82, 2.24) is 15.4 Å². The van der Waals surface area contributed by atoms with Gasteiger partial charge in [-0.2, -0.15) is 5.10 Å². The van der Waals surface area contributed by atoms with Gasteiger partial charge in [0.25, 0.3) is 0 Å². The molecule has 4 aromatic rings. The lowest BCUT2D eigenvalue weighted by atomic mass is 10.1. The quantitative estimate of drug-likeness (QED) is 0.427. The number of rotatable bonds is 7. The third kappa shape index (κ3) is 4.04. The number of H-pyrrole nitrogens is 1. The van der Waals surface area contributed by atoms with Crippen LogP contribution in [0.3, 0.4) is 0 Å². The first kappa shape index (κ1) is 20.4. The fourth-order valence-corrected chi connectivity index (χ4v) is 3.80. The van der Waals surface area contributed by atoms with Crippen LogP contribution < -0.4 is 4.74 Å². The van der Waals surface area contributed by atoms with Gasteiger partial charge in [-0.1, -0.05) is 28.9 Å². The van der Waals surface area contributed by atoms with Crippen molar-refractivity contribution in [1.29, 1.82) is 0 Å². The molecule has 0 unspecified atom stereocenters. The lowest BCUT2D eigenvalue weighted by Gasteiger charge is -2.07. The van der Waals surface area contributed by atoms with E-state index in [1.807, 2.05) is 0 Å². The minimum absolute atomic E-state index is 0.242. The summed E-state index contributed by atoms with van der Waals surface area (Å²) in [6.07, 6.45) is 1.16. The summed E-state index contributed by atoms with van der Waals surface area (Å²) in [7, 11) is -1.66. The Morgan fingerprint density at radius 3 is 2.60 bits per heavy atom. The summed E-state index contributed by atoms with van der Waals surface area (Å²) in [6.45, 7) is 0.834. The van der Waals surface area contributed by atoms with Gasteiger partial charge in [0.05, 0.1) is 22.0 Å². The minimum Gasteiger partial charge on any atom is -0.490 e. The number of sulfone groups is 1. The van der Waals surface area contributed by atoms with Gasteiger partial charge >= 0.3 is 0 Å². The van der Waals surface area contributed by atoms with Crippen LogP contribution in [0.1, 0.15) is 0 Å². The van der Waals surface area contributed by atoms with Crippen molar-refractivity contribution in [3.8, 4) is 28.5 Å². The second-order valence-electron chi connectivity index (χ2n) is 6.61. The van der Waals surface area contributed by atoms with E-state index in [4.69, 9.17) is 25.6 Å². The summed E-state index contributed by atoms with van der Waals surface area (Å²) in [5.41, 5.74) is 2.58. The SMILES string of the molecule is COCCOc1cc2[nH]nc(-c3cc(-c4ccc(S(C)(=O)=O)cc4)no3)c2cc1Cl. The second-order valence-corrected chi connectivity index (χ2v) is 9.04. The summed E-state index contributed by atoms with van der Waals surface area (Å²) >= 11 is 6.35. The van der Waals surface area contributed by atoms with Crippen LogP contribution in [0.15, 0.2) is 51.9 Å². The maximum absolute atomic E-state index is 11.6. The highest BCUT2D eigenvalue weighted by Crippen LogP contribution is 2.35. The van der Waals surface area contributed by atoms with E-state index in [2.05, 4.69) is 15.4 Å². The van der Waals surface area contributed by atoms with Crippen LogP contribution in [0.25, 0.3) is 33.6 Å². The molecule has 156 valence electrons. The molecule has 10 heteroatoms. The fraction of sp³-hybridized carbons (Fsp3) is 0.200. The Bertz CT molecular complexity index is 1300. The minimum atomic E-state index is -3.26. The number of ether oxygens (including phenoxy) is 2. The molecule has 30 heavy (non-hydrogen) atoms. The fourth-order valence-electron chi connectivity index (χ4n) is 2.95. The van der Waals surface area contributed by atoms with Crippen molar-refractivity contribution in [3.05, 3.63) is 47.5 Å². The van der Waals surface area contributed by atoms with Crippen molar-refractivity contribution in [2.24, 2.45) is 0 Å². The van der Waals surface area contributed by atoms with E-state index in [0.717, 1.165) is 22.7 Å². The van der Waals surface area contributed by atoms with E-state index in [1.165, 1.54) is 12.1 Å². The molecule has 0 aliphatic heterocycles. The molecule has 1 N–H and O–H groups in total. The maximum Gasteiger partial charge on any atom is 0.188 e. The van der Waals surface area contributed by atoms with E-state index in [0.29, 0.717) is 41.1 Å². The number of methoxy groups -OCH3 is 1. The lowest BCUT2D eigenvalue weighted by molar-refractivity contribution is 0.146. The highest BCUT2D eigenvalue weighted by Gasteiger charge is 2.17. The van der Waals surface area contributed by atoms with Gasteiger partial charge in [0, 0.05) is 36.4 Å². The maximum atomic E-state index is 11.6. The number of halogens is 1. The normalized spacial score (nSPS) is 11.8. The van der Waals surface area contributed by atoms with E-state index < -0.39 is 9.84 Å². The molecule has 0 amide bonds. The van der Waals surface area contributed by atoms with Gasteiger partial charge in [0.1, 0.15) is 23.7 Å². The number of hydrogen-bond donors (Lipinski definition) is 1. The standard InChI is InChI=1S/C20H18ClN3O5S/c1-27-7-8-28-18-11-17-14(9-15(18)21)20(23-22-17)19-10-16(24-29-19)12-3-5-13(6-4-12)30(2,25)26/h3-6,9-11H,7-8H2,1-2H3,(H,22,23). The van der Waals surface area contributed by atoms with Gasteiger partial charge in [-0.25, -0.2) is 8.42 Å². The molecule has 2 heterocycles. The Balaban J connectivity index is 1.64. The molecule has 0 radical (unpaired) electrons. The van der Waals surface area contributed by atoms with Crippen LogP contribution in [0.4, 0.5) is 0 Å². The van der Waals surface area contributed by atoms with E-state index in [1.54, 1.807) is 37.4 Å². The molecule has 0 saturated carbocycles. The molecule has 0 spiro atoms. The predicted molar refractivity (Wildman–Crippen MR) is 113 cm³/mol. The molecule has 0 aliphatic rings. The molecule has 0 saturated heterocycles. The lowest BCUT2D eigenvalue weighted by Crippen LogP contribution is -2.04. The number of aromatic nitrogens is 3. The zero-order valence-corrected chi connectivity index (χ0v) is 17.7. The molecule has 4 rings (SSSR count). The van der Waals surface area contributed by atoms with Gasteiger partial charge in [-0.15, -0.1) is 0 Å². The molecular formula is C20H18ClN3O5S. The van der Waals surface area contributed by atoms with E-state index >= 15 is 0 Å². The largest absolute Gasteiger partial charge is 0.490 e. The average Bonchev–Trinajstić information content (AvgIpc) is 3.34. The Morgan fingerprint density at radius 1 is 1.13 bits per heavy atom. The topological polar surface area (TPSA) is 107 Å². The molecule has 0 bridgehead atoms. The number of nitrogens with zero attached hydrogens (tertiary/aromatic N) is 2. The predicted octanol–water partition coefficient (Wildman–Crippen LogP) is 3.97. The first-order valence-electron chi connectivity index (χ1n) is 8.94. The van der Waals surface area contributed by atoms with Crippen LogP contribution in [0, 0.1) is 0 Å². The summed E-state index contributed by atoms with van der Waals surface area (Å²) in [5.74, 6) is 0.980. The summed E-state index contributed by atoms with van der Waals surface area (Å²) in [6, 6.07) is 11.7.